The molecule has 1 aliphatic heterocycles. The molecule has 1 aromatic heterocycles. The van der Waals surface area contributed by atoms with Gasteiger partial charge < -0.3 is 20.1 Å². The van der Waals surface area contributed by atoms with Crippen LogP contribution in [-0.4, -0.2) is 35.5 Å². The van der Waals surface area contributed by atoms with Gasteiger partial charge in [0.25, 0.3) is 0 Å². The Balaban J connectivity index is 1.60. The molecule has 0 spiro atoms. The highest BCUT2D eigenvalue weighted by molar-refractivity contribution is 5.78. The largest absolute Gasteiger partial charge is 0.490 e. The summed E-state index contributed by atoms with van der Waals surface area (Å²) < 4.78 is 11.4. The van der Waals surface area contributed by atoms with Crippen molar-refractivity contribution < 1.29 is 9.47 Å². The molecule has 3 rings (SSSR count). The first-order chi connectivity index (χ1) is 13.2. The fourth-order valence-electron chi connectivity index (χ4n) is 3.16. The first kappa shape index (κ1) is 19.0. The van der Waals surface area contributed by atoms with Crippen molar-refractivity contribution in [2.24, 2.45) is 16.6 Å². The Morgan fingerprint density at radius 3 is 2.78 bits per heavy atom. The lowest BCUT2D eigenvalue weighted by Crippen LogP contribution is -2.43. The topological polar surface area (TPSA) is 73.0 Å². The molecule has 0 amide bonds. The molecule has 2 aromatic rings. The Bertz CT molecular complexity index is 761. The third kappa shape index (κ3) is 5.36. The normalized spacial score (nSPS) is 17.6. The fraction of sp³-hybridized carbons (Fsp3) is 0.429. The number of aromatic nitrogens is 1. The molecule has 2 heterocycles. The van der Waals surface area contributed by atoms with Crippen molar-refractivity contribution in [2.45, 2.75) is 33.2 Å². The SMILES string of the molecule is CCOc1ccccc1Oc1ccc(CN=C(N)N2CCCC(C)C2)cn1. The summed E-state index contributed by atoms with van der Waals surface area (Å²) in [5.41, 5.74) is 7.15. The van der Waals surface area contributed by atoms with Crippen LogP contribution in [0.5, 0.6) is 17.4 Å². The Morgan fingerprint density at radius 2 is 2.07 bits per heavy atom. The maximum atomic E-state index is 6.15. The van der Waals surface area contributed by atoms with Crippen molar-refractivity contribution >= 4 is 5.96 Å². The standard InChI is InChI=1S/C21H28N4O2/c1-3-26-18-8-4-5-9-19(18)27-20-11-10-17(13-23-20)14-24-21(22)25-12-6-7-16(2)15-25/h4-5,8-11,13,16H,3,6-7,12,14-15H2,1-2H3,(H2,22,24). The summed E-state index contributed by atoms with van der Waals surface area (Å²) in [6.07, 6.45) is 4.21. The first-order valence-corrected chi connectivity index (χ1v) is 9.55. The molecule has 0 aliphatic carbocycles. The Morgan fingerprint density at radius 1 is 1.26 bits per heavy atom. The summed E-state index contributed by atoms with van der Waals surface area (Å²) in [6.45, 7) is 7.28. The van der Waals surface area contributed by atoms with E-state index in [-0.39, 0.29) is 0 Å². The Labute approximate surface area is 161 Å². The molecule has 0 radical (unpaired) electrons. The maximum Gasteiger partial charge on any atom is 0.219 e. The van der Waals surface area contributed by atoms with Crippen LogP contribution in [-0.2, 0) is 6.54 Å². The van der Waals surface area contributed by atoms with Gasteiger partial charge in [0.2, 0.25) is 5.88 Å². The van der Waals surface area contributed by atoms with Crippen LogP contribution >= 0.6 is 0 Å². The maximum absolute atomic E-state index is 6.15. The molecule has 6 heteroatoms. The number of guanidine groups is 1. The van der Waals surface area contributed by atoms with Gasteiger partial charge in [-0.25, -0.2) is 9.98 Å². The van der Waals surface area contributed by atoms with Crippen LogP contribution in [0, 0.1) is 5.92 Å². The summed E-state index contributed by atoms with van der Waals surface area (Å²) in [5, 5.41) is 0. The van der Waals surface area contributed by atoms with E-state index in [1.807, 2.05) is 43.3 Å². The minimum Gasteiger partial charge on any atom is -0.490 e. The molecular formula is C21H28N4O2. The van der Waals surface area contributed by atoms with E-state index >= 15 is 0 Å². The number of nitrogens with two attached hydrogens (primary N) is 1. The molecule has 2 N–H and O–H groups in total. The average molecular weight is 368 g/mol. The number of likely N-dealkylation sites (tertiary alicyclic amines) is 1. The number of benzene rings is 1. The molecule has 1 unspecified atom stereocenters. The summed E-state index contributed by atoms with van der Waals surface area (Å²) in [6, 6.07) is 11.4. The van der Waals surface area contributed by atoms with Crippen molar-refractivity contribution in [1.82, 2.24) is 9.88 Å². The summed E-state index contributed by atoms with van der Waals surface area (Å²) >= 11 is 0. The van der Waals surface area contributed by atoms with E-state index in [2.05, 4.69) is 21.8 Å². The van der Waals surface area contributed by atoms with Crippen LogP contribution in [0.4, 0.5) is 0 Å². The van der Waals surface area contributed by atoms with Gasteiger partial charge in [-0.05, 0) is 43.4 Å². The van der Waals surface area contributed by atoms with Gasteiger partial charge in [-0.15, -0.1) is 0 Å². The van der Waals surface area contributed by atoms with Gasteiger partial charge in [-0.1, -0.05) is 25.1 Å². The summed E-state index contributed by atoms with van der Waals surface area (Å²) in [5.74, 6) is 3.17. The lowest BCUT2D eigenvalue weighted by Gasteiger charge is -2.31. The molecule has 1 aromatic carbocycles. The molecular weight excluding hydrogens is 340 g/mol. The predicted molar refractivity (Wildman–Crippen MR) is 107 cm³/mol. The zero-order valence-electron chi connectivity index (χ0n) is 16.1. The zero-order chi connectivity index (χ0) is 19.1. The molecule has 1 fully saturated rings. The van der Waals surface area contributed by atoms with Gasteiger partial charge >= 0.3 is 0 Å². The smallest absolute Gasteiger partial charge is 0.219 e. The second kappa shape index (κ2) is 9.26. The first-order valence-electron chi connectivity index (χ1n) is 9.55. The van der Waals surface area contributed by atoms with Crippen LogP contribution in [0.1, 0.15) is 32.3 Å². The zero-order valence-corrected chi connectivity index (χ0v) is 16.1. The minimum absolute atomic E-state index is 0.513. The lowest BCUT2D eigenvalue weighted by atomic mass is 10.0. The van der Waals surface area contributed by atoms with Crippen LogP contribution in [0.2, 0.25) is 0 Å². The van der Waals surface area contributed by atoms with Crippen LogP contribution < -0.4 is 15.2 Å². The van der Waals surface area contributed by atoms with Gasteiger partial charge in [0.1, 0.15) is 0 Å². The molecule has 0 saturated carbocycles. The van der Waals surface area contributed by atoms with Crippen molar-refractivity contribution in [3.05, 3.63) is 48.2 Å². The van der Waals surface area contributed by atoms with E-state index in [1.165, 1.54) is 12.8 Å². The number of para-hydroxylation sites is 2. The van der Waals surface area contributed by atoms with Crippen LogP contribution in [0.25, 0.3) is 0 Å². The highest BCUT2D eigenvalue weighted by Crippen LogP contribution is 2.30. The van der Waals surface area contributed by atoms with Crippen molar-refractivity contribution in [2.75, 3.05) is 19.7 Å². The van der Waals surface area contributed by atoms with Gasteiger partial charge in [0, 0.05) is 25.4 Å². The molecule has 1 saturated heterocycles. The van der Waals surface area contributed by atoms with E-state index in [1.54, 1.807) is 6.20 Å². The minimum atomic E-state index is 0.513. The third-order valence-electron chi connectivity index (χ3n) is 4.57. The molecule has 27 heavy (non-hydrogen) atoms. The van der Waals surface area contributed by atoms with Gasteiger partial charge in [0.15, 0.2) is 17.5 Å². The number of hydrogen-bond acceptors (Lipinski definition) is 4. The van der Waals surface area contributed by atoms with Crippen molar-refractivity contribution in [1.29, 1.82) is 0 Å². The number of hydrogen-bond donors (Lipinski definition) is 1. The monoisotopic (exact) mass is 368 g/mol. The van der Waals surface area contributed by atoms with E-state index < -0.39 is 0 Å². The van der Waals surface area contributed by atoms with Crippen LogP contribution in [0.3, 0.4) is 0 Å². The lowest BCUT2D eigenvalue weighted by molar-refractivity contribution is 0.270. The van der Waals surface area contributed by atoms with Gasteiger partial charge in [0.05, 0.1) is 13.2 Å². The number of aliphatic imine (C=N–C) groups is 1. The number of pyridine rings is 1. The summed E-state index contributed by atoms with van der Waals surface area (Å²) in [7, 11) is 0. The Hall–Kier alpha value is -2.76. The highest BCUT2D eigenvalue weighted by Gasteiger charge is 2.17. The summed E-state index contributed by atoms with van der Waals surface area (Å²) in [4.78, 5) is 11.1. The number of rotatable bonds is 6. The second-order valence-electron chi connectivity index (χ2n) is 6.85. The predicted octanol–water partition coefficient (Wildman–Crippen LogP) is 3.82. The molecule has 1 atom stereocenters. The van der Waals surface area contributed by atoms with E-state index in [9.17, 15) is 0 Å². The van der Waals surface area contributed by atoms with Crippen molar-refractivity contribution in [3.8, 4) is 17.4 Å². The van der Waals surface area contributed by atoms with Crippen LogP contribution in [0.15, 0.2) is 47.6 Å². The number of piperidine rings is 1. The molecule has 0 bridgehead atoms. The van der Waals surface area contributed by atoms with Gasteiger partial charge in [-0.2, -0.15) is 0 Å². The third-order valence-corrected chi connectivity index (χ3v) is 4.57. The van der Waals surface area contributed by atoms with E-state index in [0.717, 1.165) is 18.7 Å². The van der Waals surface area contributed by atoms with E-state index in [4.69, 9.17) is 15.2 Å². The number of nitrogens with zero attached hydrogens (tertiary/aromatic N) is 3. The molecule has 6 nitrogen and oxygen atoms in total. The average Bonchev–Trinajstić information content (AvgIpc) is 2.69. The molecule has 1 aliphatic rings. The highest BCUT2D eigenvalue weighted by atomic mass is 16.5. The van der Waals surface area contributed by atoms with Crippen molar-refractivity contribution in [3.63, 3.8) is 0 Å². The Kier molecular flexibility index (Phi) is 6.52. The number of ether oxygens (including phenoxy) is 2. The fourth-order valence-corrected chi connectivity index (χ4v) is 3.16. The van der Waals surface area contributed by atoms with E-state index in [0.29, 0.717) is 42.4 Å². The molecule has 144 valence electrons. The quantitative estimate of drug-likeness (QED) is 0.620. The second-order valence-corrected chi connectivity index (χ2v) is 6.85. The van der Waals surface area contributed by atoms with Gasteiger partial charge in [-0.3, -0.25) is 0 Å².